The van der Waals surface area contributed by atoms with Crippen molar-refractivity contribution >= 4 is 53.2 Å². The van der Waals surface area contributed by atoms with E-state index < -0.39 is 115 Å². The second kappa shape index (κ2) is 22.1. The van der Waals surface area contributed by atoms with Crippen molar-refractivity contribution in [3.05, 3.63) is 54.1 Å². The number of carbonyl (C=O) groups excluding carboxylic acids is 9. The number of hydrogen-bond acceptors (Lipinski definition) is 11. The molecular formula is C42H59N11O10. The topological polar surface area (TPSA) is 293 Å². The summed E-state index contributed by atoms with van der Waals surface area (Å²) >= 11 is 0. The number of imidazole rings is 1. The fraction of sp³-hybridized carbons (Fsp3) is 0.571. The number of rotatable bonds is 7. The molecule has 3 aliphatic rings. The number of carbonyl (C=O) groups is 9. The van der Waals surface area contributed by atoms with Crippen LogP contribution in [0.25, 0.3) is 0 Å². The smallest absolute Gasteiger partial charge is 0.245 e. The van der Waals surface area contributed by atoms with Gasteiger partial charge in [0.15, 0.2) is 0 Å². The Hall–Kier alpha value is -6.38. The summed E-state index contributed by atoms with van der Waals surface area (Å²) in [6.45, 7) is 5.60. The third-order valence-corrected chi connectivity index (χ3v) is 11.2. The fourth-order valence-corrected chi connectivity index (χ4v) is 7.99. The number of aliphatic hydroxyl groups excluding tert-OH is 1. The molecule has 0 radical (unpaired) electrons. The molecule has 9 amide bonds. The second-order valence-corrected chi connectivity index (χ2v) is 16.7. The van der Waals surface area contributed by atoms with Gasteiger partial charge in [-0.2, -0.15) is 0 Å². The van der Waals surface area contributed by atoms with Gasteiger partial charge >= 0.3 is 0 Å². The van der Waals surface area contributed by atoms with Crippen molar-refractivity contribution in [1.29, 1.82) is 0 Å². The lowest BCUT2D eigenvalue weighted by molar-refractivity contribution is -0.144. The first-order chi connectivity index (χ1) is 30.0. The molecule has 3 saturated heterocycles. The lowest BCUT2D eigenvalue weighted by Crippen LogP contribution is -2.59. The van der Waals surface area contributed by atoms with Crippen LogP contribution >= 0.6 is 0 Å². The van der Waals surface area contributed by atoms with E-state index in [1.807, 2.05) is 13.8 Å². The molecule has 3 aliphatic heterocycles. The van der Waals surface area contributed by atoms with Crippen LogP contribution in [0.2, 0.25) is 0 Å². The largest absolute Gasteiger partial charge is 0.391 e. The van der Waals surface area contributed by atoms with Crippen molar-refractivity contribution in [3.63, 3.8) is 0 Å². The van der Waals surface area contributed by atoms with E-state index in [1.165, 1.54) is 36.2 Å². The maximum Gasteiger partial charge on any atom is 0.245 e. The zero-order valence-corrected chi connectivity index (χ0v) is 36.0. The van der Waals surface area contributed by atoms with Crippen LogP contribution in [0.1, 0.15) is 71.1 Å². The molecule has 3 fully saturated rings. The third-order valence-electron chi connectivity index (χ3n) is 11.2. The molecule has 63 heavy (non-hydrogen) atoms. The molecule has 2 aromatic rings. The summed E-state index contributed by atoms with van der Waals surface area (Å²) < 4.78 is 0. The molecule has 342 valence electrons. The van der Waals surface area contributed by atoms with E-state index in [2.05, 4.69) is 47.2 Å². The van der Waals surface area contributed by atoms with Crippen LogP contribution in [0.3, 0.4) is 0 Å². The molecule has 21 heteroatoms. The molecule has 8 atom stereocenters. The summed E-state index contributed by atoms with van der Waals surface area (Å²) in [5, 5.41) is 28.6. The van der Waals surface area contributed by atoms with Crippen LogP contribution < -0.4 is 37.2 Å². The zero-order valence-electron chi connectivity index (χ0n) is 36.0. The zero-order chi connectivity index (χ0) is 45.8. The van der Waals surface area contributed by atoms with Crippen molar-refractivity contribution < 1.29 is 48.3 Å². The van der Waals surface area contributed by atoms with Crippen LogP contribution in [-0.2, 0) is 56.0 Å². The fourth-order valence-electron chi connectivity index (χ4n) is 7.99. The summed E-state index contributed by atoms with van der Waals surface area (Å²) in [5.74, 6) is -6.45. The van der Waals surface area contributed by atoms with Crippen LogP contribution in [0.5, 0.6) is 0 Å². The van der Waals surface area contributed by atoms with E-state index >= 15 is 0 Å². The lowest BCUT2D eigenvalue weighted by atomic mass is 10.0. The van der Waals surface area contributed by atoms with Gasteiger partial charge in [0, 0.05) is 37.8 Å². The number of nitrogens with one attached hydrogen (secondary N) is 8. The lowest BCUT2D eigenvalue weighted by Gasteiger charge is -2.31. The highest BCUT2D eigenvalue weighted by Crippen LogP contribution is 2.22. The summed E-state index contributed by atoms with van der Waals surface area (Å²) in [6.07, 6.45) is 2.92. The number of H-pyrrole nitrogens is 1. The number of aliphatic hydroxyl groups is 1. The van der Waals surface area contributed by atoms with Crippen molar-refractivity contribution in [3.8, 4) is 0 Å². The van der Waals surface area contributed by atoms with Gasteiger partial charge in [0.25, 0.3) is 0 Å². The van der Waals surface area contributed by atoms with E-state index in [0.717, 1.165) is 0 Å². The Labute approximate surface area is 365 Å². The van der Waals surface area contributed by atoms with Gasteiger partial charge in [-0.25, -0.2) is 4.98 Å². The predicted molar refractivity (Wildman–Crippen MR) is 224 cm³/mol. The van der Waals surface area contributed by atoms with Gasteiger partial charge in [0.05, 0.1) is 25.5 Å². The van der Waals surface area contributed by atoms with Gasteiger partial charge in [-0.05, 0) is 57.4 Å². The van der Waals surface area contributed by atoms with E-state index in [1.54, 1.807) is 30.3 Å². The highest BCUT2D eigenvalue weighted by Gasteiger charge is 2.41. The molecule has 21 nitrogen and oxygen atoms in total. The van der Waals surface area contributed by atoms with Crippen LogP contribution in [0, 0.1) is 5.92 Å². The van der Waals surface area contributed by atoms with E-state index in [0.29, 0.717) is 30.5 Å². The molecule has 1 aromatic heterocycles. The quantitative estimate of drug-likeness (QED) is 0.138. The third kappa shape index (κ3) is 13.1. The summed E-state index contributed by atoms with van der Waals surface area (Å²) in [5.41, 5.74) is 1.11. The van der Waals surface area contributed by atoms with Crippen molar-refractivity contribution in [1.82, 2.24) is 57.0 Å². The van der Waals surface area contributed by atoms with Gasteiger partial charge in [-0.3, -0.25) is 43.2 Å². The predicted octanol–water partition coefficient (Wildman–Crippen LogP) is -2.71. The Morgan fingerprint density at radius 1 is 0.667 bits per heavy atom. The first kappa shape index (κ1) is 47.7. The Morgan fingerprint density at radius 2 is 1.22 bits per heavy atom. The van der Waals surface area contributed by atoms with Gasteiger partial charge in [0.1, 0.15) is 42.3 Å². The Balaban J connectivity index is 1.43. The van der Waals surface area contributed by atoms with E-state index in [9.17, 15) is 48.3 Å². The summed E-state index contributed by atoms with van der Waals surface area (Å²) in [4.78, 5) is 133. The van der Waals surface area contributed by atoms with Crippen LogP contribution in [0.4, 0.5) is 0 Å². The number of aromatic nitrogens is 2. The molecule has 0 spiro atoms. The van der Waals surface area contributed by atoms with Gasteiger partial charge in [-0.1, -0.05) is 44.2 Å². The Morgan fingerprint density at radius 3 is 1.79 bits per heavy atom. The SMILES string of the molecule is CC(C)C[C@@H]1NC(=O)CNC(=O)[C@H](Cc2cnc[nH]2)NC(=O)[C@H]([C@@H](C)O)NC(=O)CNC(=O)[C@H](Cc2ccccc2)NC(=O)[C@@H]2CCCN2C(=O)[C@H](C)NC(=O)[C@@H]2CCCN2C1=O. The molecular weight excluding hydrogens is 819 g/mol. The number of fused-ring (bicyclic) bond motifs is 2. The van der Waals surface area contributed by atoms with Crippen LogP contribution in [0.15, 0.2) is 42.9 Å². The number of nitrogens with zero attached hydrogens (tertiary/aromatic N) is 3. The van der Waals surface area contributed by atoms with Gasteiger partial charge in [-0.15, -0.1) is 0 Å². The summed E-state index contributed by atoms with van der Waals surface area (Å²) in [7, 11) is 0. The molecule has 4 heterocycles. The van der Waals surface area contributed by atoms with Crippen molar-refractivity contribution in [2.45, 2.75) is 121 Å². The number of amides is 9. The Bertz CT molecular complexity index is 1980. The van der Waals surface area contributed by atoms with Crippen molar-refractivity contribution in [2.24, 2.45) is 5.92 Å². The van der Waals surface area contributed by atoms with E-state index in [4.69, 9.17) is 0 Å². The standard InChI is InChI=1S/C42H59N11O10/c1-23(2)16-30-42(63)53-15-9-12-31(53)38(59)47-24(3)41(62)52-14-8-13-32(52)39(60)49-28(17-26-10-6-5-7-11-26)36(57)45-21-34(56)51-35(25(4)54)40(61)50-29(18-27-19-43-22-46-27)37(58)44-20-33(55)48-30/h5-7,10-11,19,22-25,28-32,35,54H,8-9,12-18,20-21H2,1-4H3,(H,43,46)(H,44,58)(H,45,57)(H,47,59)(H,48,55)(H,49,60)(H,50,61)(H,51,56)/t24-,25+,28-,29-,30-,31-,32-,35-/m0/s1. The molecule has 0 unspecified atom stereocenters. The molecule has 9 N–H and O–H groups in total. The number of hydrogen-bond donors (Lipinski definition) is 9. The molecule has 1 aromatic carbocycles. The normalized spacial score (nSPS) is 27.2. The highest BCUT2D eigenvalue weighted by molar-refractivity contribution is 5.98. The average molecular weight is 878 g/mol. The maximum absolute atomic E-state index is 14.1. The number of benzene rings is 1. The van der Waals surface area contributed by atoms with Gasteiger partial charge in [0.2, 0.25) is 53.2 Å². The Kier molecular flexibility index (Phi) is 16.7. The second-order valence-electron chi connectivity index (χ2n) is 16.7. The minimum absolute atomic E-state index is 0.0153. The number of aromatic amines is 1. The van der Waals surface area contributed by atoms with Gasteiger partial charge < -0.3 is 57.1 Å². The highest BCUT2D eigenvalue weighted by atomic mass is 16.3. The minimum atomic E-state index is -1.61. The molecule has 0 aliphatic carbocycles. The maximum atomic E-state index is 14.1. The molecule has 5 rings (SSSR count). The van der Waals surface area contributed by atoms with Crippen molar-refractivity contribution in [2.75, 3.05) is 26.2 Å². The molecule has 0 bridgehead atoms. The monoisotopic (exact) mass is 877 g/mol. The van der Waals surface area contributed by atoms with E-state index in [-0.39, 0.29) is 44.7 Å². The summed E-state index contributed by atoms with van der Waals surface area (Å²) in [6, 6.07) is 0.531. The first-order valence-electron chi connectivity index (χ1n) is 21.4. The average Bonchev–Trinajstić information content (AvgIpc) is 4.06. The first-order valence-corrected chi connectivity index (χ1v) is 21.4. The molecule has 0 saturated carbocycles. The minimum Gasteiger partial charge on any atom is -0.391 e. The van der Waals surface area contributed by atoms with Crippen LogP contribution in [-0.4, -0.2) is 153 Å².